The van der Waals surface area contributed by atoms with Gasteiger partial charge in [-0.1, -0.05) is 19.8 Å². The maximum absolute atomic E-state index is 12.2. The summed E-state index contributed by atoms with van der Waals surface area (Å²) in [4.78, 5) is 24.7. The SMILES string of the molecule is CCCCC(C)NC(=O)N1CCSCC1CC(=O)O. The Kier molecular flexibility index (Phi) is 7.05. The Morgan fingerprint density at radius 1 is 1.53 bits per heavy atom. The number of carboxylic acid groups (broad SMARTS) is 1. The largest absolute Gasteiger partial charge is 0.481 e. The van der Waals surface area contributed by atoms with Crippen LogP contribution in [0.25, 0.3) is 0 Å². The molecule has 1 rings (SSSR count). The summed E-state index contributed by atoms with van der Waals surface area (Å²) >= 11 is 1.71. The Labute approximate surface area is 119 Å². The molecule has 1 heterocycles. The Morgan fingerprint density at radius 2 is 2.26 bits per heavy atom. The lowest BCUT2D eigenvalue weighted by Crippen LogP contribution is -2.52. The van der Waals surface area contributed by atoms with E-state index in [2.05, 4.69) is 12.2 Å². The first kappa shape index (κ1) is 16.1. The molecule has 6 heteroatoms. The lowest BCUT2D eigenvalue weighted by molar-refractivity contribution is -0.137. The molecule has 5 nitrogen and oxygen atoms in total. The van der Waals surface area contributed by atoms with Crippen molar-refractivity contribution in [2.75, 3.05) is 18.1 Å². The number of urea groups is 1. The first-order valence-electron chi connectivity index (χ1n) is 6.91. The molecule has 0 spiro atoms. The fourth-order valence-electron chi connectivity index (χ4n) is 2.17. The Hall–Kier alpha value is -0.910. The molecular formula is C13H24N2O3S. The van der Waals surface area contributed by atoms with E-state index in [0.717, 1.165) is 25.0 Å². The van der Waals surface area contributed by atoms with Crippen molar-refractivity contribution in [2.24, 2.45) is 0 Å². The van der Waals surface area contributed by atoms with Gasteiger partial charge in [0, 0.05) is 24.1 Å². The van der Waals surface area contributed by atoms with Gasteiger partial charge in [-0.25, -0.2) is 4.79 Å². The van der Waals surface area contributed by atoms with Gasteiger partial charge in [0.15, 0.2) is 0 Å². The number of amides is 2. The second-order valence-corrected chi connectivity index (χ2v) is 6.16. The van der Waals surface area contributed by atoms with Gasteiger partial charge in [-0.3, -0.25) is 4.79 Å². The number of hydrogen-bond donors (Lipinski definition) is 2. The van der Waals surface area contributed by atoms with E-state index in [9.17, 15) is 9.59 Å². The highest BCUT2D eigenvalue weighted by Crippen LogP contribution is 2.19. The topological polar surface area (TPSA) is 69.6 Å². The molecule has 2 amide bonds. The number of unbranched alkanes of at least 4 members (excludes halogenated alkanes) is 1. The summed E-state index contributed by atoms with van der Waals surface area (Å²) in [7, 11) is 0. The van der Waals surface area contributed by atoms with E-state index in [0.29, 0.717) is 12.3 Å². The van der Waals surface area contributed by atoms with Gasteiger partial charge in [-0.15, -0.1) is 0 Å². The standard InChI is InChI=1S/C13H24N2O3S/c1-3-4-5-10(2)14-13(18)15-6-7-19-9-11(15)8-12(16)17/h10-11H,3-9H2,1-2H3,(H,14,18)(H,16,17). The Balaban J connectivity index is 2.49. The van der Waals surface area contributed by atoms with E-state index < -0.39 is 5.97 Å². The van der Waals surface area contributed by atoms with Gasteiger partial charge in [0.25, 0.3) is 0 Å². The molecule has 2 unspecified atom stereocenters. The molecule has 0 aromatic carbocycles. The lowest BCUT2D eigenvalue weighted by Gasteiger charge is -2.35. The third kappa shape index (κ3) is 5.72. The van der Waals surface area contributed by atoms with Crippen molar-refractivity contribution in [2.45, 2.75) is 51.6 Å². The molecule has 0 aromatic heterocycles. The third-order valence-corrected chi connectivity index (χ3v) is 4.35. The number of carbonyl (C=O) groups is 2. The zero-order chi connectivity index (χ0) is 14.3. The summed E-state index contributed by atoms with van der Waals surface area (Å²) in [6.07, 6.45) is 3.20. The molecule has 1 aliphatic heterocycles. The number of hydrogen-bond acceptors (Lipinski definition) is 3. The first-order chi connectivity index (χ1) is 9.04. The van der Waals surface area contributed by atoms with Crippen LogP contribution in [-0.4, -0.2) is 52.1 Å². The minimum atomic E-state index is -0.843. The lowest BCUT2D eigenvalue weighted by atomic mass is 10.1. The molecule has 1 saturated heterocycles. The highest BCUT2D eigenvalue weighted by molar-refractivity contribution is 7.99. The molecule has 2 atom stereocenters. The van der Waals surface area contributed by atoms with Crippen molar-refractivity contribution in [3.63, 3.8) is 0 Å². The van der Waals surface area contributed by atoms with Gasteiger partial charge >= 0.3 is 12.0 Å². The van der Waals surface area contributed by atoms with Gasteiger partial charge in [-0.05, 0) is 13.3 Å². The second kappa shape index (κ2) is 8.30. The summed E-state index contributed by atoms with van der Waals surface area (Å²) in [5.74, 6) is 0.750. The maximum atomic E-state index is 12.2. The highest BCUT2D eigenvalue weighted by atomic mass is 32.2. The predicted octanol–water partition coefficient (Wildman–Crippen LogP) is 2.17. The number of rotatable bonds is 6. The summed E-state index contributed by atoms with van der Waals surface area (Å²) < 4.78 is 0. The van der Waals surface area contributed by atoms with Crippen LogP contribution in [0.4, 0.5) is 4.79 Å². The van der Waals surface area contributed by atoms with E-state index in [1.807, 2.05) is 6.92 Å². The van der Waals surface area contributed by atoms with Crippen molar-refractivity contribution in [3.05, 3.63) is 0 Å². The number of carboxylic acids is 1. The molecule has 0 aromatic rings. The zero-order valence-electron chi connectivity index (χ0n) is 11.7. The van der Waals surface area contributed by atoms with Gasteiger partial charge in [-0.2, -0.15) is 11.8 Å². The summed E-state index contributed by atoms with van der Waals surface area (Å²) in [6.45, 7) is 4.76. The number of aliphatic carboxylic acids is 1. The number of thioether (sulfide) groups is 1. The smallest absolute Gasteiger partial charge is 0.317 e. The van der Waals surface area contributed by atoms with Gasteiger partial charge < -0.3 is 15.3 Å². The van der Waals surface area contributed by atoms with Crippen LogP contribution >= 0.6 is 11.8 Å². The van der Waals surface area contributed by atoms with Crippen molar-refractivity contribution in [1.29, 1.82) is 0 Å². The summed E-state index contributed by atoms with van der Waals surface area (Å²) in [5, 5.41) is 11.9. The van der Waals surface area contributed by atoms with Crippen LogP contribution in [-0.2, 0) is 4.79 Å². The van der Waals surface area contributed by atoms with Gasteiger partial charge in [0.1, 0.15) is 0 Å². The number of nitrogens with one attached hydrogen (secondary N) is 1. The van der Waals surface area contributed by atoms with E-state index in [4.69, 9.17) is 5.11 Å². The normalized spacial score (nSPS) is 20.9. The van der Waals surface area contributed by atoms with Gasteiger partial charge in [0.2, 0.25) is 0 Å². The zero-order valence-corrected chi connectivity index (χ0v) is 12.5. The third-order valence-electron chi connectivity index (χ3n) is 3.26. The van der Waals surface area contributed by atoms with Crippen LogP contribution in [0, 0.1) is 0 Å². The first-order valence-corrected chi connectivity index (χ1v) is 8.06. The average molecular weight is 288 g/mol. The van der Waals surface area contributed by atoms with E-state index in [-0.39, 0.29) is 24.5 Å². The number of nitrogens with zero attached hydrogens (tertiary/aromatic N) is 1. The molecule has 1 fully saturated rings. The van der Waals surface area contributed by atoms with Crippen molar-refractivity contribution in [1.82, 2.24) is 10.2 Å². The highest BCUT2D eigenvalue weighted by Gasteiger charge is 2.29. The monoisotopic (exact) mass is 288 g/mol. The second-order valence-electron chi connectivity index (χ2n) is 5.01. The van der Waals surface area contributed by atoms with Crippen LogP contribution in [0.2, 0.25) is 0 Å². The fourth-order valence-corrected chi connectivity index (χ4v) is 3.23. The maximum Gasteiger partial charge on any atom is 0.317 e. The molecule has 0 aliphatic carbocycles. The van der Waals surface area contributed by atoms with E-state index in [1.54, 1.807) is 16.7 Å². The van der Waals surface area contributed by atoms with Crippen LogP contribution in [0.5, 0.6) is 0 Å². The molecular weight excluding hydrogens is 264 g/mol. The molecule has 2 N–H and O–H groups in total. The van der Waals surface area contributed by atoms with Crippen LogP contribution in [0.15, 0.2) is 0 Å². The molecule has 110 valence electrons. The average Bonchev–Trinajstić information content (AvgIpc) is 2.36. The van der Waals surface area contributed by atoms with Crippen LogP contribution in [0.1, 0.15) is 39.5 Å². The summed E-state index contributed by atoms with van der Waals surface area (Å²) in [6, 6.07) is -0.155. The van der Waals surface area contributed by atoms with Crippen LogP contribution in [0.3, 0.4) is 0 Å². The molecule has 0 saturated carbocycles. The van der Waals surface area contributed by atoms with Crippen molar-refractivity contribution < 1.29 is 14.7 Å². The van der Waals surface area contributed by atoms with Gasteiger partial charge in [0.05, 0.1) is 12.5 Å². The van der Waals surface area contributed by atoms with E-state index >= 15 is 0 Å². The van der Waals surface area contributed by atoms with E-state index in [1.165, 1.54) is 0 Å². The fraction of sp³-hybridized carbons (Fsp3) is 0.846. The number of carbonyl (C=O) groups excluding carboxylic acids is 1. The Morgan fingerprint density at radius 3 is 2.89 bits per heavy atom. The molecule has 1 aliphatic rings. The minimum Gasteiger partial charge on any atom is -0.481 e. The molecule has 0 radical (unpaired) electrons. The minimum absolute atomic E-state index is 0.0315. The molecule has 19 heavy (non-hydrogen) atoms. The molecule has 0 bridgehead atoms. The van der Waals surface area contributed by atoms with Crippen molar-refractivity contribution >= 4 is 23.8 Å². The van der Waals surface area contributed by atoms with Crippen LogP contribution < -0.4 is 5.32 Å². The predicted molar refractivity (Wildman–Crippen MR) is 77.6 cm³/mol. The Bertz CT molecular complexity index is 312. The van der Waals surface area contributed by atoms with Crippen molar-refractivity contribution in [3.8, 4) is 0 Å². The quantitative estimate of drug-likeness (QED) is 0.786. The summed E-state index contributed by atoms with van der Waals surface area (Å²) in [5.41, 5.74) is 0.